The van der Waals surface area contributed by atoms with Crippen LogP contribution in [0.15, 0.2) is 42.5 Å². The number of fused-ring (bicyclic) bond motifs is 1. The van der Waals surface area contributed by atoms with Crippen molar-refractivity contribution >= 4 is 15.9 Å². The van der Waals surface area contributed by atoms with Gasteiger partial charge in [-0.1, -0.05) is 57.2 Å². The van der Waals surface area contributed by atoms with Gasteiger partial charge in [0.05, 0.1) is 24.7 Å². The molecular weight excluding hydrogens is 438 g/mol. The van der Waals surface area contributed by atoms with Gasteiger partial charge in [0.1, 0.15) is 11.9 Å². The lowest BCUT2D eigenvalue weighted by atomic mass is 9.90. The molecule has 0 radical (unpaired) electrons. The third kappa shape index (κ3) is 5.03. The average molecular weight is 472 g/mol. The van der Waals surface area contributed by atoms with Crippen LogP contribution in [-0.2, 0) is 34.0 Å². The predicted molar refractivity (Wildman–Crippen MR) is 128 cm³/mol. The summed E-state index contributed by atoms with van der Waals surface area (Å²) in [5.41, 5.74) is 4.30. The number of sulfone groups is 1. The van der Waals surface area contributed by atoms with Crippen molar-refractivity contribution in [2.75, 3.05) is 18.6 Å². The third-order valence-corrected chi connectivity index (χ3v) is 8.59. The van der Waals surface area contributed by atoms with Gasteiger partial charge in [-0.3, -0.25) is 4.90 Å². The number of amides is 1. The molecule has 2 aliphatic heterocycles. The van der Waals surface area contributed by atoms with Crippen molar-refractivity contribution in [3.63, 3.8) is 0 Å². The lowest BCUT2D eigenvalue weighted by Gasteiger charge is -2.34. The molecule has 2 aromatic rings. The van der Waals surface area contributed by atoms with E-state index >= 15 is 0 Å². The molecule has 178 valence electrons. The number of hydrogen-bond acceptors (Lipinski definition) is 5. The van der Waals surface area contributed by atoms with E-state index in [9.17, 15) is 13.2 Å². The van der Waals surface area contributed by atoms with E-state index in [0.717, 1.165) is 28.9 Å². The van der Waals surface area contributed by atoms with Crippen molar-refractivity contribution in [3.05, 3.63) is 64.7 Å². The minimum absolute atomic E-state index is 0.0333. The second-order valence-electron chi connectivity index (χ2n) is 9.48. The largest absolute Gasteiger partial charge is 0.496 e. The first-order chi connectivity index (χ1) is 15.7. The number of carbonyl (C=O) groups excluding carboxylic acids is 1. The van der Waals surface area contributed by atoms with Crippen LogP contribution in [0.2, 0.25) is 0 Å². The number of nitrogens with zero attached hydrogens (tertiary/aromatic N) is 1. The first-order valence-electron chi connectivity index (χ1n) is 11.6. The van der Waals surface area contributed by atoms with Crippen molar-refractivity contribution in [2.24, 2.45) is 5.92 Å². The van der Waals surface area contributed by atoms with Crippen molar-refractivity contribution in [1.82, 2.24) is 4.90 Å². The van der Waals surface area contributed by atoms with Gasteiger partial charge in [0.15, 0.2) is 9.84 Å². The van der Waals surface area contributed by atoms with Crippen LogP contribution in [-0.4, -0.2) is 50.2 Å². The molecule has 0 unspecified atom stereocenters. The number of ether oxygens (including phenoxy) is 2. The maximum atomic E-state index is 12.9. The van der Waals surface area contributed by atoms with Crippen LogP contribution in [0.3, 0.4) is 0 Å². The monoisotopic (exact) mass is 471 g/mol. The summed E-state index contributed by atoms with van der Waals surface area (Å²) in [4.78, 5) is 14.5. The Bertz CT molecular complexity index is 1130. The van der Waals surface area contributed by atoms with Gasteiger partial charge < -0.3 is 9.47 Å². The summed E-state index contributed by atoms with van der Waals surface area (Å²) < 4.78 is 36.9. The quantitative estimate of drug-likeness (QED) is 0.600. The lowest BCUT2D eigenvalue weighted by molar-refractivity contribution is 0.0970. The highest BCUT2D eigenvalue weighted by atomic mass is 32.2. The fraction of sp³-hybridized carbons (Fsp3) is 0.500. The Kier molecular flexibility index (Phi) is 6.71. The Balaban J connectivity index is 1.58. The second kappa shape index (κ2) is 9.37. The Morgan fingerprint density at radius 1 is 1.12 bits per heavy atom. The summed E-state index contributed by atoms with van der Waals surface area (Å²) >= 11 is 0. The standard InChI is InChI=1S/C26H33NO5S/c1-5-20-11-18(9-10-24(20)31-4)12-22-15-33(29,30)16-23-25(22)32-26(28)27(23)14-19-7-6-8-21(13-19)17(2)3/h6-11,13,17,22-23,25H,5,12,14-16H2,1-4H3/t22-,23+,25+/m1/s1. The first kappa shape index (κ1) is 23.6. The molecule has 0 spiro atoms. The van der Waals surface area contributed by atoms with Crippen LogP contribution in [0.25, 0.3) is 0 Å². The maximum Gasteiger partial charge on any atom is 0.410 e. The average Bonchev–Trinajstić information content (AvgIpc) is 3.08. The molecule has 1 amide bonds. The van der Waals surface area contributed by atoms with Crippen LogP contribution in [0, 0.1) is 5.92 Å². The van der Waals surface area contributed by atoms with E-state index in [0.29, 0.717) is 18.9 Å². The van der Waals surface area contributed by atoms with E-state index in [-0.39, 0.29) is 17.4 Å². The van der Waals surface area contributed by atoms with Gasteiger partial charge in [-0.25, -0.2) is 13.2 Å². The molecule has 2 fully saturated rings. The van der Waals surface area contributed by atoms with Crippen molar-refractivity contribution in [3.8, 4) is 5.75 Å². The SMILES string of the molecule is CCc1cc(C[C@@H]2CS(=O)(=O)C[C@H]3[C@H]2OC(=O)N3Cc2cccc(C(C)C)c2)ccc1OC. The zero-order valence-corrected chi connectivity index (χ0v) is 20.6. The summed E-state index contributed by atoms with van der Waals surface area (Å²) in [5.74, 6) is 0.915. The fourth-order valence-corrected chi connectivity index (χ4v) is 7.05. The highest BCUT2D eigenvalue weighted by molar-refractivity contribution is 7.91. The summed E-state index contributed by atoms with van der Waals surface area (Å²) in [6, 6.07) is 13.6. The second-order valence-corrected chi connectivity index (χ2v) is 11.6. The van der Waals surface area contributed by atoms with Crippen molar-refractivity contribution in [1.29, 1.82) is 0 Å². The Morgan fingerprint density at radius 3 is 2.61 bits per heavy atom. The molecule has 0 N–H and O–H groups in total. The minimum atomic E-state index is -3.30. The summed E-state index contributed by atoms with van der Waals surface area (Å²) in [6.45, 7) is 6.67. The van der Waals surface area contributed by atoms with E-state index in [2.05, 4.69) is 39.0 Å². The van der Waals surface area contributed by atoms with E-state index in [1.54, 1.807) is 12.0 Å². The van der Waals surface area contributed by atoms with E-state index < -0.39 is 28.1 Å². The molecule has 2 aromatic carbocycles. The zero-order valence-electron chi connectivity index (χ0n) is 19.8. The summed E-state index contributed by atoms with van der Waals surface area (Å²) in [7, 11) is -1.65. The van der Waals surface area contributed by atoms with Gasteiger partial charge >= 0.3 is 6.09 Å². The highest BCUT2D eigenvalue weighted by Crippen LogP contribution is 2.35. The van der Waals surface area contributed by atoms with Crippen LogP contribution in [0.5, 0.6) is 5.75 Å². The lowest BCUT2D eigenvalue weighted by Crippen LogP contribution is -2.51. The number of carbonyl (C=O) groups is 1. The Labute approximate surface area is 196 Å². The topological polar surface area (TPSA) is 72.9 Å². The normalized spacial score (nSPS) is 24.0. The molecule has 3 atom stereocenters. The van der Waals surface area contributed by atoms with E-state index in [4.69, 9.17) is 9.47 Å². The molecule has 0 aromatic heterocycles. The molecule has 0 saturated carbocycles. The summed E-state index contributed by atoms with van der Waals surface area (Å²) in [6.07, 6.45) is 0.512. The fourth-order valence-electron chi connectivity index (χ4n) is 5.06. The number of hydrogen-bond donors (Lipinski definition) is 0. The van der Waals surface area contributed by atoms with Gasteiger partial charge in [-0.05, 0) is 47.1 Å². The first-order valence-corrected chi connectivity index (χ1v) is 13.4. The minimum Gasteiger partial charge on any atom is -0.496 e. The van der Waals surface area contributed by atoms with Gasteiger partial charge in [-0.15, -0.1) is 0 Å². The van der Waals surface area contributed by atoms with Gasteiger partial charge in [0.2, 0.25) is 0 Å². The van der Waals surface area contributed by atoms with Gasteiger partial charge in [-0.2, -0.15) is 0 Å². The molecule has 0 aliphatic carbocycles. The summed E-state index contributed by atoms with van der Waals surface area (Å²) in [5, 5.41) is 0. The number of benzene rings is 2. The number of aryl methyl sites for hydroxylation is 1. The van der Waals surface area contributed by atoms with Crippen molar-refractivity contribution < 1.29 is 22.7 Å². The molecule has 7 heteroatoms. The molecular formula is C26H33NO5S. The molecule has 4 rings (SSSR count). The predicted octanol–water partition coefficient (Wildman–Crippen LogP) is 4.36. The highest BCUT2D eigenvalue weighted by Gasteiger charge is 2.51. The zero-order chi connectivity index (χ0) is 23.8. The van der Waals surface area contributed by atoms with Gasteiger partial charge in [0.25, 0.3) is 0 Å². The van der Waals surface area contributed by atoms with Crippen LogP contribution in [0.1, 0.15) is 48.9 Å². The van der Waals surface area contributed by atoms with E-state index in [1.807, 2.05) is 24.3 Å². The van der Waals surface area contributed by atoms with Crippen LogP contribution in [0.4, 0.5) is 4.79 Å². The van der Waals surface area contributed by atoms with Crippen LogP contribution >= 0.6 is 0 Å². The van der Waals surface area contributed by atoms with Crippen LogP contribution < -0.4 is 4.74 Å². The smallest absolute Gasteiger partial charge is 0.410 e. The van der Waals surface area contributed by atoms with E-state index in [1.165, 1.54) is 5.56 Å². The molecule has 33 heavy (non-hydrogen) atoms. The Morgan fingerprint density at radius 2 is 1.91 bits per heavy atom. The molecule has 0 bridgehead atoms. The molecule has 6 nitrogen and oxygen atoms in total. The molecule has 2 heterocycles. The molecule has 2 saturated heterocycles. The maximum absolute atomic E-state index is 12.9. The van der Waals surface area contributed by atoms with Gasteiger partial charge in [0, 0.05) is 12.5 Å². The number of rotatable bonds is 7. The van der Waals surface area contributed by atoms with Crippen molar-refractivity contribution in [2.45, 2.75) is 58.2 Å². The third-order valence-electron chi connectivity index (χ3n) is 6.80. The Hall–Kier alpha value is -2.54. The number of methoxy groups -OCH3 is 1. The molecule has 2 aliphatic rings.